The van der Waals surface area contributed by atoms with Crippen LogP contribution in [0.25, 0.3) is 0 Å². The van der Waals surface area contributed by atoms with Crippen molar-refractivity contribution in [3.05, 3.63) is 69.5 Å². The fourth-order valence-electron chi connectivity index (χ4n) is 1.53. The molecular weight excluding hydrogens is 247 g/mol. The van der Waals surface area contributed by atoms with Crippen molar-refractivity contribution < 1.29 is 9.31 Å². The van der Waals surface area contributed by atoms with Gasteiger partial charge in [-0.15, -0.1) is 0 Å². The van der Waals surface area contributed by atoms with Crippen LogP contribution < -0.4 is 0 Å². The minimum Gasteiger partial charge on any atom is -0.258 e. The van der Waals surface area contributed by atoms with Crippen LogP contribution in [0.3, 0.4) is 0 Å². The summed E-state index contributed by atoms with van der Waals surface area (Å²) in [4.78, 5) is 14.2. The van der Waals surface area contributed by atoms with E-state index in [2.05, 4.69) is 4.99 Å². The van der Waals surface area contributed by atoms with Gasteiger partial charge < -0.3 is 0 Å². The molecule has 0 saturated heterocycles. The number of rotatable bonds is 3. The first kappa shape index (κ1) is 12.9. The molecule has 0 heterocycles. The van der Waals surface area contributed by atoms with Gasteiger partial charge in [-0.3, -0.25) is 15.1 Å². The average Bonchev–Trinajstić information content (AvgIpc) is 2.40. The molecule has 0 saturated carbocycles. The van der Waals surface area contributed by atoms with Crippen LogP contribution in [0.1, 0.15) is 11.1 Å². The Hall–Kier alpha value is -2.56. The van der Waals surface area contributed by atoms with Crippen molar-refractivity contribution in [1.82, 2.24) is 0 Å². The quantitative estimate of drug-likeness (QED) is 0.477. The topological polar surface area (TPSA) is 55.5 Å². The minimum atomic E-state index is -0.469. The standard InChI is InChI=1S/C14H11FN2O2/c1-10-5-6-12(8-14(10)15)16-9-11-3-2-4-13(7-11)17(18)19/h2-9H,1H3. The van der Waals surface area contributed by atoms with E-state index >= 15 is 0 Å². The van der Waals surface area contributed by atoms with Gasteiger partial charge in [-0.25, -0.2) is 4.39 Å². The molecule has 0 aliphatic rings. The summed E-state index contributed by atoms with van der Waals surface area (Å²) in [6.45, 7) is 1.67. The van der Waals surface area contributed by atoms with E-state index in [0.29, 0.717) is 16.8 Å². The molecule has 0 N–H and O–H groups in total. The zero-order valence-electron chi connectivity index (χ0n) is 10.2. The molecule has 0 aliphatic carbocycles. The van der Waals surface area contributed by atoms with Crippen molar-refractivity contribution in [3.63, 3.8) is 0 Å². The van der Waals surface area contributed by atoms with Gasteiger partial charge in [-0.1, -0.05) is 18.2 Å². The number of hydrogen-bond donors (Lipinski definition) is 0. The summed E-state index contributed by atoms with van der Waals surface area (Å²) in [6, 6.07) is 10.7. The molecule has 2 aromatic carbocycles. The lowest BCUT2D eigenvalue weighted by Gasteiger charge is -1.98. The molecule has 0 radical (unpaired) electrons. The molecule has 19 heavy (non-hydrogen) atoms. The minimum absolute atomic E-state index is 0.000892. The Morgan fingerprint density at radius 1 is 1.26 bits per heavy atom. The second-order valence-electron chi connectivity index (χ2n) is 4.04. The van der Waals surface area contributed by atoms with E-state index < -0.39 is 4.92 Å². The Balaban J connectivity index is 2.24. The fraction of sp³-hybridized carbons (Fsp3) is 0.0714. The monoisotopic (exact) mass is 258 g/mol. The SMILES string of the molecule is Cc1ccc(N=Cc2cccc([N+](=O)[O-])c2)cc1F. The summed E-state index contributed by atoms with van der Waals surface area (Å²) < 4.78 is 13.3. The summed E-state index contributed by atoms with van der Waals surface area (Å²) in [5.74, 6) is -0.325. The molecule has 4 nitrogen and oxygen atoms in total. The molecular formula is C14H11FN2O2. The number of halogens is 1. The number of nitrogens with zero attached hydrogens (tertiary/aromatic N) is 2. The van der Waals surface area contributed by atoms with Crippen LogP contribution in [0.4, 0.5) is 15.8 Å². The Bertz CT molecular complexity index is 654. The van der Waals surface area contributed by atoms with Crippen LogP contribution >= 0.6 is 0 Å². The number of benzene rings is 2. The van der Waals surface area contributed by atoms with Crippen molar-refractivity contribution in [3.8, 4) is 0 Å². The third-order valence-electron chi connectivity index (χ3n) is 2.60. The number of nitro benzene ring substituents is 1. The molecule has 0 spiro atoms. The van der Waals surface area contributed by atoms with Gasteiger partial charge in [0.25, 0.3) is 5.69 Å². The summed E-state index contributed by atoms with van der Waals surface area (Å²) in [6.07, 6.45) is 1.47. The van der Waals surface area contributed by atoms with Crippen molar-refractivity contribution in [2.75, 3.05) is 0 Å². The van der Waals surface area contributed by atoms with Crippen LogP contribution in [-0.2, 0) is 0 Å². The summed E-state index contributed by atoms with van der Waals surface area (Å²) >= 11 is 0. The van der Waals surface area contributed by atoms with Crippen molar-refractivity contribution in [2.24, 2.45) is 4.99 Å². The molecule has 0 bridgehead atoms. The number of non-ortho nitro benzene ring substituents is 1. The third kappa shape index (κ3) is 3.22. The number of hydrogen-bond acceptors (Lipinski definition) is 3. The molecule has 2 rings (SSSR count). The molecule has 2 aromatic rings. The Morgan fingerprint density at radius 3 is 2.74 bits per heavy atom. The van der Waals surface area contributed by atoms with Gasteiger partial charge in [0.05, 0.1) is 10.6 Å². The predicted molar refractivity (Wildman–Crippen MR) is 71.5 cm³/mol. The summed E-state index contributed by atoms with van der Waals surface area (Å²) in [7, 11) is 0. The van der Waals surface area contributed by atoms with Crippen LogP contribution in [0.15, 0.2) is 47.5 Å². The summed E-state index contributed by atoms with van der Waals surface area (Å²) in [5, 5.41) is 10.6. The lowest BCUT2D eigenvalue weighted by Crippen LogP contribution is -1.89. The molecule has 0 aliphatic heterocycles. The fourth-order valence-corrected chi connectivity index (χ4v) is 1.53. The van der Waals surface area contributed by atoms with E-state index in [0.717, 1.165) is 0 Å². The van der Waals surface area contributed by atoms with E-state index in [1.54, 1.807) is 31.2 Å². The van der Waals surface area contributed by atoms with Gasteiger partial charge in [0.1, 0.15) is 5.82 Å². The average molecular weight is 258 g/mol. The number of aliphatic imine (C=N–C) groups is 1. The van der Waals surface area contributed by atoms with Gasteiger partial charge in [0, 0.05) is 18.3 Å². The van der Waals surface area contributed by atoms with E-state index in [4.69, 9.17) is 0 Å². The second-order valence-corrected chi connectivity index (χ2v) is 4.04. The highest BCUT2D eigenvalue weighted by atomic mass is 19.1. The smallest absolute Gasteiger partial charge is 0.258 e. The molecule has 0 atom stereocenters. The lowest BCUT2D eigenvalue weighted by atomic mass is 10.2. The summed E-state index contributed by atoms with van der Waals surface area (Å²) in [5.41, 5.74) is 1.61. The van der Waals surface area contributed by atoms with Gasteiger partial charge in [0.2, 0.25) is 0 Å². The highest BCUT2D eigenvalue weighted by molar-refractivity contribution is 5.82. The third-order valence-corrected chi connectivity index (χ3v) is 2.60. The zero-order valence-corrected chi connectivity index (χ0v) is 10.2. The Kier molecular flexibility index (Phi) is 3.66. The largest absolute Gasteiger partial charge is 0.270 e. The maximum atomic E-state index is 13.3. The molecule has 0 fully saturated rings. The molecule has 0 amide bonds. The number of aryl methyl sites for hydroxylation is 1. The van der Waals surface area contributed by atoms with Gasteiger partial charge in [-0.2, -0.15) is 0 Å². The van der Waals surface area contributed by atoms with Crippen molar-refractivity contribution in [2.45, 2.75) is 6.92 Å². The molecule has 96 valence electrons. The lowest BCUT2D eigenvalue weighted by molar-refractivity contribution is -0.384. The maximum absolute atomic E-state index is 13.3. The van der Waals surface area contributed by atoms with Crippen LogP contribution in [0.5, 0.6) is 0 Å². The van der Waals surface area contributed by atoms with Gasteiger partial charge >= 0.3 is 0 Å². The molecule has 5 heteroatoms. The van der Waals surface area contributed by atoms with E-state index in [1.807, 2.05) is 0 Å². The Morgan fingerprint density at radius 2 is 2.05 bits per heavy atom. The van der Waals surface area contributed by atoms with E-state index in [9.17, 15) is 14.5 Å². The first-order valence-electron chi connectivity index (χ1n) is 5.61. The maximum Gasteiger partial charge on any atom is 0.270 e. The van der Waals surface area contributed by atoms with E-state index in [1.165, 1.54) is 24.4 Å². The molecule has 0 unspecified atom stereocenters. The molecule has 0 aromatic heterocycles. The second kappa shape index (κ2) is 5.39. The first-order chi connectivity index (χ1) is 9.06. The normalized spacial score (nSPS) is 10.8. The zero-order chi connectivity index (χ0) is 13.8. The van der Waals surface area contributed by atoms with Gasteiger partial charge in [-0.05, 0) is 30.2 Å². The Labute approximate surface area is 109 Å². The highest BCUT2D eigenvalue weighted by Gasteiger charge is 2.04. The first-order valence-corrected chi connectivity index (χ1v) is 5.61. The predicted octanol–water partition coefficient (Wildman–Crippen LogP) is 3.79. The van der Waals surface area contributed by atoms with Crippen LogP contribution in [-0.4, -0.2) is 11.1 Å². The number of nitro groups is 1. The highest BCUT2D eigenvalue weighted by Crippen LogP contribution is 2.17. The van der Waals surface area contributed by atoms with Crippen LogP contribution in [0, 0.1) is 22.9 Å². The van der Waals surface area contributed by atoms with Crippen molar-refractivity contribution in [1.29, 1.82) is 0 Å². The van der Waals surface area contributed by atoms with Gasteiger partial charge in [0.15, 0.2) is 0 Å². The van der Waals surface area contributed by atoms with E-state index in [-0.39, 0.29) is 11.5 Å². The van der Waals surface area contributed by atoms with Crippen molar-refractivity contribution >= 4 is 17.6 Å². The van der Waals surface area contributed by atoms with Crippen LogP contribution in [0.2, 0.25) is 0 Å².